The number of carbonyl (C=O) groups excluding carboxylic acids is 1. The molecule has 1 amide bonds. The van der Waals surface area contributed by atoms with E-state index in [1.54, 1.807) is 17.0 Å². The molecule has 9 nitrogen and oxygen atoms in total. The summed E-state index contributed by atoms with van der Waals surface area (Å²) in [4.78, 5) is 34.5. The molecule has 0 radical (unpaired) electrons. The van der Waals surface area contributed by atoms with Crippen LogP contribution in [0.1, 0.15) is 74.3 Å². The lowest BCUT2D eigenvalue weighted by Gasteiger charge is -2.34. The largest absolute Gasteiger partial charge is 0.507 e. The van der Waals surface area contributed by atoms with Crippen LogP contribution in [0.5, 0.6) is 5.75 Å². The number of hydrogen-bond donors (Lipinski definition) is 3. The van der Waals surface area contributed by atoms with E-state index in [4.69, 9.17) is 10.4 Å². The number of Topliss-reactive ketones (excluding diaryl/α,β-unsaturated/α-hetero) is 1. The normalized spacial score (nSPS) is 15.8. The molecule has 1 aromatic heterocycles. The number of anilines is 1. The highest BCUT2D eigenvalue weighted by atomic mass is 79.9. The van der Waals surface area contributed by atoms with Gasteiger partial charge in [0.05, 0.1) is 6.54 Å². The number of pyridine rings is 1. The maximum Gasteiger partial charge on any atom is 0.407 e. The monoisotopic (exact) mass is 587 g/mol. The number of nitrogens with zero attached hydrogens (tertiary/aromatic N) is 4. The van der Waals surface area contributed by atoms with Gasteiger partial charge < -0.3 is 24.9 Å². The highest BCUT2D eigenvalue weighted by Crippen LogP contribution is 2.40. The Hall–Kier alpha value is -3.14. The molecule has 0 atom stereocenters. The lowest BCUT2D eigenvalue weighted by molar-refractivity contribution is 0.0962. The summed E-state index contributed by atoms with van der Waals surface area (Å²) in [5, 5.41) is 28.9. The van der Waals surface area contributed by atoms with Crippen molar-refractivity contribution in [2.45, 2.75) is 58.9 Å². The predicted molar refractivity (Wildman–Crippen MR) is 153 cm³/mol. The molecule has 0 spiro atoms. The number of phenols is 1. The Kier molecular flexibility index (Phi) is 8.17. The minimum atomic E-state index is -0.915. The molecule has 2 aliphatic rings. The van der Waals surface area contributed by atoms with Gasteiger partial charge in [-0.05, 0) is 29.0 Å². The number of amides is 1. The zero-order chi connectivity index (χ0) is 27.3. The molecule has 2 aromatic rings. The van der Waals surface area contributed by atoms with Crippen molar-refractivity contribution >= 4 is 40.5 Å². The Labute approximate surface area is 234 Å². The molecule has 206 valence electrons. The van der Waals surface area contributed by atoms with E-state index in [-0.39, 0.29) is 51.7 Å². The van der Waals surface area contributed by atoms with Crippen LogP contribution in [0, 0.1) is 5.41 Å². The zero-order valence-electron chi connectivity index (χ0n) is 23.0. The molecule has 0 bridgehead atoms. The number of rotatable bonds is 4. The number of phenolic OH excluding ortho intramolecular Hbond substituents is 1. The van der Waals surface area contributed by atoms with E-state index in [2.05, 4.69) is 0 Å². The minimum Gasteiger partial charge on any atom is -0.507 e. The molecule has 38 heavy (non-hydrogen) atoms. The maximum absolute atomic E-state index is 13.5. The van der Waals surface area contributed by atoms with Crippen molar-refractivity contribution in [3.05, 3.63) is 52.2 Å². The summed E-state index contributed by atoms with van der Waals surface area (Å²) in [6, 6.07) is 7.41. The molecule has 1 saturated heterocycles. The van der Waals surface area contributed by atoms with Gasteiger partial charge in [0.15, 0.2) is 5.78 Å². The van der Waals surface area contributed by atoms with Crippen LogP contribution in [0.3, 0.4) is 0 Å². The van der Waals surface area contributed by atoms with Crippen molar-refractivity contribution in [2.24, 2.45) is 0 Å². The highest BCUT2D eigenvalue weighted by molar-refractivity contribution is 8.93. The molecule has 3 heterocycles. The summed E-state index contributed by atoms with van der Waals surface area (Å²) in [6.45, 7) is 14.5. The zero-order valence-corrected chi connectivity index (χ0v) is 24.7. The van der Waals surface area contributed by atoms with Crippen molar-refractivity contribution in [3.8, 4) is 5.75 Å². The Bertz CT molecular complexity index is 1220. The van der Waals surface area contributed by atoms with Crippen molar-refractivity contribution in [2.75, 3.05) is 37.6 Å². The van der Waals surface area contributed by atoms with E-state index in [0.717, 1.165) is 16.7 Å². The first-order valence-electron chi connectivity index (χ1n) is 12.6. The number of halogens is 1. The second-order valence-electron chi connectivity index (χ2n) is 12.0. The minimum absolute atomic E-state index is 0. The molecule has 3 N–H and O–H groups in total. The highest BCUT2D eigenvalue weighted by Gasteiger charge is 2.31. The number of aromatic hydroxyl groups is 1. The summed E-state index contributed by atoms with van der Waals surface area (Å²) in [5.41, 5.74) is 2.76. The summed E-state index contributed by atoms with van der Waals surface area (Å²) in [5.74, 6) is 1.04. The molecule has 2 aliphatic heterocycles. The Morgan fingerprint density at radius 1 is 0.974 bits per heavy atom. The van der Waals surface area contributed by atoms with E-state index in [1.165, 1.54) is 4.90 Å². The number of fused-ring (bicyclic) bond motifs is 1. The molecule has 10 heteroatoms. The lowest BCUT2D eigenvalue weighted by Crippen LogP contribution is -2.48. The van der Waals surface area contributed by atoms with Crippen molar-refractivity contribution in [1.82, 2.24) is 14.8 Å². The summed E-state index contributed by atoms with van der Waals surface area (Å²) in [6.07, 6.45) is -0.915. The summed E-state index contributed by atoms with van der Waals surface area (Å²) in [7, 11) is 0. The van der Waals surface area contributed by atoms with Gasteiger partial charge in [0, 0.05) is 55.0 Å². The van der Waals surface area contributed by atoms with Crippen LogP contribution < -0.4 is 4.90 Å². The number of hydrogen-bond acceptors (Lipinski definition) is 6. The average Bonchev–Trinajstić information content (AvgIpc) is 3.12. The molecule has 1 aromatic carbocycles. The van der Waals surface area contributed by atoms with E-state index in [0.29, 0.717) is 49.8 Å². The van der Waals surface area contributed by atoms with Crippen LogP contribution in [0.4, 0.5) is 10.6 Å². The van der Waals surface area contributed by atoms with Crippen LogP contribution in [0.2, 0.25) is 0 Å². The number of amidine groups is 1. The van der Waals surface area contributed by atoms with Gasteiger partial charge in [-0.2, -0.15) is 0 Å². The van der Waals surface area contributed by atoms with Crippen LogP contribution in [-0.4, -0.2) is 75.4 Å². The number of piperazine rings is 1. The van der Waals surface area contributed by atoms with Crippen molar-refractivity contribution in [3.63, 3.8) is 0 Å². The molecule has 0 unspecified atom stereocenters. The summed E-state index contributed by atoms with van der Waals surface area (Å²) < 4.78 is 0. The van der Waals surface area contributed by atoms with Gasteiger partial charge in [0.1, 0.15) is 23.1 Å². The Morgan fingerprint density at radius 2 is 1.53 bits per heavy atom. The van der Waals surface area contributed by atoms with Crippen molar-refractivity contribution in [1.29, 1.82) is 5.41 Å². The quantitative estimate of drug-likeness (QED) is 0.440. The molecule has 1 fully saturated rings. The van der Waals surface area contributed by atoms with Gasteiger partial charge in [-0.3, -0.25) is 10.2 Å². The van der Waals surface area contributed by atoms with Gasteiger partial charge in [-0.1, -0.05) is 47.6 Å². The molecular weight excluding hydrogens is 550 g/mol. The van der Waals surface area contributed by atoms with E-state index in [1.807, 2.05) is 58.6 Å². The Balaban J connectivity index is 0.00000400. The van der Waals surface area contributed by atoms with Crippen molar-refractivity contribution < 1.29 is 19.8 Å². The molecule has 0 saturated carbocycles. The van der Waals surface area contributed by atoms with E-state index < -0.39 is 6.09 Å². The third-order valence-corrected chi connectivity index (χ3v) is 7.12. The molecule has 0 aliphatic carbocycles. The first kappa shape index (κ1) is 29.4. The second kappa shape index (κ2) is 10.6. The predicted octanol–water partition coefficient (Wildman–Crippen LogP) is 4.78. The SMILES string of the molecule is Br.CC(C)(C)c1cc(C(=O)CN2Cc3ccc(N4CCN(C(=O)O)CC4)nc3C2=N)cc(C(C)(C)C)c1O. The molecular formula is C28H38BrN5O4. The first-order valence-corrected chi connectivity index (χ1v) is 12.6. The van der Waals surface area contributed by atoms with E-state index >= 15 is 0 Å². The van der Waals surface area contributed by atoms with Gasteiger partial charge in [-0.25, -0.2) is 9.78 Å². The number of carboxylic acid groups (broad SMARTS) is 1. The number of aromatic nitrogens is 1. The van der Waals surface area contributed by atoms with Crippen LogP contribution in [0.25, 0.3) is 0 Å². The van der Waals surface area contributed by atoms with Gasteiger partial charge in [-0.15, -0.1) is 17.0 Å². The van der Waals surface area contributed by atoms with Crippen LogP contribution in [0.15, 0.2) is 24.3 Å². The smallest absolute Gasteiger partial charge is 0.407 e. The maximum atomic E-state index is 13.5. The van der Waals surface area contributed by atoms with Crippen LogP contribution in [-0.2, 0) is 17.4 Å². The average molecular weight is 589 g/mol. The number of ketones is 1. The third kappa shape index (κ3) is 5.80. The van der Waals surface area contributed by atoms with E-state index in [9.17, 15) is 19.8 Å². The fourth-order valence-corrected chi connectivity index (χ4v) is 4.89. The fourth-order valence-electron chi connectivity index (χ4n) is 4.89. The molecule has 4 rings (SSSR count). The van der Waals surface area contributed by atoms with Gasteiger partial charge in [0.2, 0.25) is 0 Å². The van der Waals surface area contributed by atoms with Gasteiger partial charge >= 0.3 is 6.09 Å². The number of nitrogens with one attached hydrogen (secondary N) is 1. The summed E-state index contributed by atoms with van der Waals surface area (Å²) >= 11 is 0. The number of benzene rings is 1. The number of carbonyl (C=O) groups is 2. The lowest BCUT2D eigenvalue weighted by atomic mass is 9.78. The topological polar surface area (TPSA) is 121 Å². The van der Waals surface area contributed by atoms with Crippen LogP contribution >= 0.6 is 17.0 Å². The third-order valence-electron chi connectivity index (χ3n) is 7.12. The second-order valence-corrected chi connectivity index (χ2v) is 12.0. The standard InChI is InChI=1S/C28H37N5O4.BrH/c1-27(2,3)19-13-18(14-20(24(19)35)28(4,5)6)21(34)16-33-15-17-7-8-22(30-23(17)25(33)29)31-9-11-32(12-10-31)26(36)37;/h7-8,13-14,29,35H,9-12,15-16H2,1-6H3,(H,36,37);1H. The fraction of sp³-hybridized carbons (Fsp3) is 0.500. The Morgan fingerprint density at radius 3 is 2.03 bits per heavy atom. The van der Waals surface area contributed by atoms with Gasteiger partial charge in [0.25, 0.3) is 0 Å². The first-order chi connectivity index (χ1) is 17.2.